The van der Waals surface area contributed by atoms with E-state index in [9.17, 15) is 0 Å². The number of hydrogen-bond acceptors (Lipinski definition) is 1. The Kier molecular flexibility index (Phi) is 4.55. The molecule has 4 heteroatoms. The van der Waals surface area contributed by atoms with Crippen LogP contribution in [0.5, 0.6) is 0 Å². The van der Waals surface area contributed by atoms with E-state index in [2.05, 4.69) is 35.1 Å². The molecule has 0 aliphatic rings. The Morgan fingerprint density at radius 2 is 1.86 bits per heavy atom. The van der Waals surface area contributed by atoms with Crippen LogP contribution in [0.15, 0.2) is 16.6 Å². The standard InChI is InChI=1S/C10H12BrCl2N/c1-3-6(2)14-10-8(12)4-7(11)5-9(10)13/h4-6,14H,3H2,1-2H3. The summed E-state index contributed by atoms with van der Waals surface area (Å²) in [6.45, 7) is 4.20. The van der Waals surface area contributed by atoms with Crippen LogP contribution in [0.25, 0.3) is 0 Å². The van der Waals surface area contributed by atoms with Gasteiger partial charge in [-0.15, -0.1) is 0 Å². The van der Waals surface area contributed by atoms with Crippen LogP contribution >= 0.6 is 39.1 Å². The molecule has 1 atom stereocenters. The van der Waals surface area contributed by atoms with E-state index in [0.29, 0.717) is 16.1 Å². The summed E-state index contributed by atoms with van der Waals surface area (Å²) in [6.07, 6.45) is 1.03. The highest BCUT2D eigenvalue weighted by atomic mass is 79.9. The molecule has 1 rings (SSSR count). The van der Waals surface area contributed by atoms with Gasteiger partial charge in [0, 0.05) is 10.5 Å². The lowest BCUT2D eigenvalue weighted by Crippen LogP contribution is -2.13. The van der Waals surface area contributed by atoms with Crippen molar-refractivity contribution in [2.75, 3.05) is 5.32 Å². The van der Waals surface area contributed by atoms with Crippen LogP contribution in [0.4, 0.5) is 5.69 Å². The number of nitrogens with one attached hydrogen (secondary N) is 1. The Balaban J connectivity index is 2.96. The Bertz CT molecular complexity index is 305. The molecule has 0 spiro atoms. The first kappa shape index (κ1) is 12.2. The third-order valence-corrected chi connectivity index (χ3v) is 3.06. The third-order valence-electron chi connectivity index (χ3n) is 2.01. The molecule has 0 aromatic heterocycles. The van der Waals surface area contributed by atoms with Crippen molar-refractivity contribution in [3.8, 4) is 0 Å². The summed E-state index contributed by atoms with van der Waals surface area (Å²) >= 11 is 15.5. The molecule has 1 unspecified atom stereocenters. The summed E-state index contributed by atoms with van der Waals surface area (Å²) in [5.41, 5.74) is 0.811. The maximum absolute atomic E-state index is 6.06. The van der Waals surface area contributed by atoms with Gasteiger partial charge in [-0.1, -0.05) is 46.1 Å². The Morgan fingerprint density at radius 1 is 1.36 bits per heavy atom. The molecule has 78 valence electrons. The van der Waals surface area contributed by atoms with Crippen LogP contribution in [0.1, 0.15) is 20.3 Å². The molecule has 0 radical (unpaired) electrons. The van der Waals surface area contributed by atoms with Gasteiger partial charge in [0.2, 0.25) is 0 Å². The normalized spacial score (nSPS) is 12.6. The molecular formula is C10H12BrCl2N. The summed E-state index contributed by atoms with van der Waals surface area (Å²) in [5.74, 6) is 0. The summed E-state index contributed by atoms with van der Waals surface area (Å²) in [7, 11) is 0. The topological polar surface area (TPSA) is 12.0 Å². The summed E-state index contributed by atoms with van der Waals surface area (Å²) < 4.78 is 0.891. The second-order valence-corrected chi connectivity index (χ2v) is 4.93. The Morgan fingerprint density at radius 3 is 2.29 bits per heavy atom. The molecule has 0 saturated heterocycles. The lowest BCUT2D eigenvalue weighted by molar-refractivity contribution is 0.764. The second kappa shape index (κ2) is 5.24. The van der Waals surface area contributed by atoms with E-state index in [1.165, 1.54) is 0 Å². The van der Waals surface area contributed by atoms with Gasteiger partial charge in [-0.05, 0) is 25.5 Å². The number of hydrogen-bond donors (Lipinski definition) is 1. The minimum atomic E-state index is 0.367. The summed E-state index contributed by atoms with van der Waals surface area (Å²) in [5, 5.41) is 4.56. The van der Waals surface area contributed by atoms with Crippen LogP contribution in [0, 0.1) is 0 Å². The van der Waals surface area contributed by atoms with Crippen LogP contribution in [-0.4, -0.2) is 6.04 Å². The molecule has 0 saturated carbocycles. The van der Waals surface area contributed by atoms with Crippen LogP contribution < -0.4 is 5.32 Å². The zero-order valence-corrected chi connectivity index (χ0v) is 11.2. The smallest absolute Gasteiger partial charge is 0.0721 e. The fourth-order valence-corrected chi connectivity index (χ4v) is 2.35. The summed E-state index contributed by atoms with van der Waals surface area (Å²) in [4.78, 5) is 0. The van der Waals surface area contributed by atoms with Crippen molar-refractivity contribution in [2.45, 2.75) is 26.3 Å². The average molecular weight is 297 g/mol. The minimum Gasteiger partial charge on any atom is -0.380 e. The molecule has 0 fully saturated rings. The average Bonchev–Trinajstić information content (AvgIpc) is 2.10. The quantitative estimate of drug-likeness (QED) is 0.831. The van der Waals surface area contributed by atoms with Crippen molar-refractivity contribution in [2.24, 2.45) is 0 Å². The molecule has 14 heavy (non-hydrogen) atoms. The molecule has 1 aromatic carbocycles. The van der Waals surface area contributed by atoms with Crippen LogP contribution in [0.3, 0.4) is 0 Å². The zero-order chi connectivity index (χ0) is 10.7. The lowest BCUT2D eigenvalue weighted by atomic mass is 10.2. The largest absolute Gasteiger partial charge is 0.380 e. The molecule has 1 aromatic rings. The van der Waals surface area contributed by atoms with Crippen molar-refractivity contribution in [3.63, 3.8) is 0 Å². The van der Waals surface area contributed by atoms with E-state index in [1.54, 1.807) is 0 Å². The van der Waals surface area contributed by atoms with E-state index >= 15 is 0 Å². The predicted octanol–water partition coefficient (Wildman–Crippen LogP) is 4.97. The van der Waals surface area contributed by atoms with Gasteiger partial charge in [-0.3, -0.25) is 0 Å². The lowest BCUT2D eigenvalue weighted by Gasteiger charge is -2.15. The van der Waals surface area contributed by atoms with E-state index in [0.717, 1.165) is 16.6 Å². The second-order valence-electron chi connectivity index (χ2n) is 3.20. The van der Waals surface area contributed by atoms with Gasteiger partial charge in [0.1, 0.15) is 0 Å². The van der Waals surface area contributed by atoms with E-state index in [1.807, 2.05) is 12.1 Å². The van der Waals surface area contributed by atoms with E-state index in [-0.39, 0.29) is 0 Å². The van der Waals surface area contributed by atoms with Crippen molar-refractivity contribution in [1.29, 1.82) is 0 Å². The van der Waals surface area contributed by atoms with E-state index < -0.39 is 0 Å². The number of rotatable bonds is 3. The minimum absolute atomic E-state index is 0.367. The van der Waals surface area contributed by atoms with Gasteiger partial charge in [0.25, 0.3) is 0 Å². The van der Waals surface area contributed by atoms with Gasteiger partial charge in [-0.25, -0.2) is 0 Å². The molecule has 0 bridgehead atoms. The van der Waals surface area contributed by atoms with Gasteiger partial charge >= 0.3 is 0 Å². The first-order valence-electron chi connectivity index (χ1n) is 4.45. The van der Waals surface area contributed by atoms with Gasteiger partial charge < -0.3 is 5.32 Å². The summed E-state index contributed by atoms with van der Waals surface area (Å²) in [6, 6.07) is 4.03. The maximum Gasteiger partial charge on any atom is 0.0721 e. The highest BCUT2D eigenvalue weighted by molar-refractivity contribution is 9.10. The Hall–Kier alpha value is 0.0800. The molecule has 1 N–H and O–H groups in total. The maximum atomic E-state index is 6.06. The zero-order valence-electron chi connectivity index (χ0n) is 8.07. The molecule has 0 aliphatic carbocycles. The first-order valence-corrected chi connectivity index (χ1v) is 6.00. The molecule has 1 nitrogen and oxygen atoms in total. The van der Waals surface area contributed by atoms with Crippen molar-refractivity contribution in [3.05, 3.63) is 26.7 Å². The predicted molar refractivity (Wildman–Crippen MR) is 67.5 cm³/mol. The SMILES string of the molecule is CCC(C)Nc1c(Cl)cc(Br)cc1Cl. The fourth-order valence-electron chi connectivity index (χ4n) is 1.03. The molecular weight excluding hydrogens is 285 g/mol. The molecule has 0 heterocycles. The number of anilines is 1. The van der Waals surface area contributed by atoms with Crippen molar-refractivity contribution < 1.29 is 0 Å². The number of halogens is 3. The highest BCUT2D eigenvalue weighted by Gasteiger charge is 2.09. The molecule has 0 aliphatic heterocycles. The Labute approximate surface area is 103 Å². The molecule has 0 amide bonds. The van der Waals surface area contributed by atoms with Crippen LogP contribution in [0.2, 0.25) is 10.0 Å². The number of benzene rings is 1. The van der Waals surface area contributed by atoms with Crippen LogP contribution in [-0.2, 0) is 0 Å². The van der Waals surface area contributed by atoms with Crippen molar-refractivity contribution >= 4 is 44.8 Å². The monoisotopic (exact) mass is 295 g/mol. The van der Waals surface area contributed by atoms with Gasteiger partial charge in [-0.2, -0.15) is 0 Å². The third kappa shape index (κ3) is 3.04. The van der Waals surface area contributed by atoms with Gasteiger partial charge in [0.05, 0.1) is 15.7 Å². The van der Waals surface area contributed by atoms with Crippen molar-refractivity contribution in [1.82, 2.24) is 0 Å². The van der Waals surface area contributed by atoms with E-state index in [4.69, 9.17) is 23.2 Å². The fraction of sp³-hybridized carbons (Fsp3) is 0.400. The van der Waals surface area contributed by atoms with Gasteiger partial charge in [0.15, 0.2) is 0 Å². The first-order chi connectivity index (χ1) is 6.54. The highest BCUT2D eigenvalue weighted by Crippen LogP contribution is 2.34.